The van der Waals surface area contributed by atoms with Crippen molar-refractivity contribution < 1.29 is 28.5 Å². The number of anilines is 1. The molecule has 16 nitrogen and oxygen atoms in total. The zero-order valence-electron chi connectivity index (χ0n) is 27.4. The van der Waals surface area contributed by atoms with Gasteiger partial charge >= 0.3 is 17.8 Å². The summed E-state index contributed by atoms with van der Waals surface area (Å²) < 4.78 is 28.8. The maximum absolute atomic E-state index is 12.6. The van der Waals surface area contributed by atoms with Crippen molar-refractivity contribution in [3.05, 3.63) is 34.3 Å². The van der Waals surface area contributed by atoms with E-state index >= 15 is 0 Å². The van der Waals surface area contributed by atoms with Gasteiger partial charge in [0, 0.05) is 26.3 Å². The number of rotatable bonds is 22. The number of amides is 1. The van der Waals surface area contributed by atoms with E-state index < -0.39 is 11.7 Å². The SMILES string of the molecule is CCCCOc1nc(N)c2[nH]c(=O)n(Cc3cnc(CNCCCOCCOCCOCCCNC(=O)OC(C)(C)C)cn3)c2n1. The molecule has 3 rings (SSSR count). The largest absolute Gasteiger partial charge is 0.463 e. The summed E-state index contributed by atoms with van der Waals surface area (Å²) in [6, 6.07) is 0.138. The Kier molecular flexibility index (Phi) is 15.6. The maximum atomic E-state index is 12.6. The van der Waals surface area contributed by atoms with E-state index in [0.717, 1.165) is 31.5 Å². The predicted molar refractivity (Wildman–Crippen MR) is 172 cm³/mol. The summed E-state index contributed by atoms with van der Waals surface area (Å²) in [5.74, 6) is 0.152. The van der Waals surface area contributed by atoms with E-state index in [9.17, 15) is 9.59 Å². The maximum Gasteiger partial charge on any atom is 0.407 e. The minimum Gasteiger partial charge on any atom is -0.463 e. The second kappa shape index (κ2) is 19.6. The average Bonchev–Trinajstić information content (AvgIpc) is 3.32. The summed E-state index contributed by atoms with van der Waals surface area (Å²) in [7, 11) is 0. The topological polar surface area (TPSA) is 203 Å². The number of nitrogen functional groups attached to an aromatic ring is 1. The van der Waals surface area contributed by atoms with E-state index in [1.807, 2.05) is 20.8 Å². The summed E-state index contributed by atoms with van der Waals surface area (Å²) in [6.07, 6.45) is 6.28. The third-order valence-corrected chi connectivity index (χ3v) is 6.26. The molecule has 3 aromatic rings. The molecule has 0 aliphatic rings. The Labute approximate surface area is 269 Å². The third kappa shape index (κ3) is 13.6. The summed E-state index contributed by atoms with van der Waals surface area (Å²) in [5, 5.41) is 6.02. The molecule has 46 heavy (non-hydrogen) atoms. The number of alkyl carbamates (subject to hydrolysis) is 1. The zero-order chi connectivity index (χ0) is 33.2. The van der Waals surface area contributed by atoms with Crippen molar-refractivity contribution in [2.75, 3.05) is 65.1 Å². The molecule has 16 heteroatoms. The standard InChI is InChI=1S/C30H49N9O7/c1-5-6-13-45-27-37-25(31)24-26(38-27)39(28(40)36-24)21-23-20-34-22(19-35-23)18-32-9-7-11-42-14-16-44-17-15-43-12-8-10-33-29(41)46-30(2,3)4/h19-20,32H,5-18,21H2,1-4H3,(H,33,41)(H,36,40)(H2,31,37,38). The number of ether oxygens (including phenoxy) is 5. The lowest BCUT2D eigenvalue weighted by atomic mass is 10.2. The van der Waals surface area contributed by atoms with Gasteiger partial charge < -0.3 is 45.0 Å². The van der Waals surface area contributed by atoms with Gasteiger partial charge in [0.2, 0.25) is 0 Å². The molecule has 0 unspecified atom stereocenters. The highest BCUT2D eigenvalue weighted by Gasteiger charge is 2.16. The molecule has 0 saturated carbocycles. The van der Waals surface area contributed by atoms with Gasteiger partial charge in [-0.1, -0.05) is 13.3 Å². The summed E-state index contributed by atoms with van der Waals surface area (Å²) >= 11 is 0. The van der Waals surface area contributed by atoms with Crippen LogP contribution < -0.4 is 26.8 Å². The fourth-order valence-corrected chi connectivity index (χ4v) is 4.00. The second-order valence-corrected chi connectivity index (χ2v) is 11.5. The van der Waals surface area contributed by atoms with Gasteiger partial charge in [0.05, 0.1) is 63.4 Å². The van der Waals surface area contributed by atoms with Crippen molar-refractivity contribution in [3.63, 3.8) is 0 Å². The molecule has 5 N–H and O–H groups in total. The Balaban J connectivity index is 1.21. The molecule has 0 bridgehead atoms. The highest BCUT2D eigenvalue weighted by Crippen LogP contribution is 2.18. The molecule has 0 fully saturated rings. The van der Waals surface area contributed by atoms with E-state index in [1.54, 1.807) is 12.4 Å². The Hall–Kier alpha value is -3.86. The number of aromatic amines is 1. The number of unbranched alkanes of at least 4 members (excludes halogenated alkanes) is 1. The van der Waals surface area contributed by atoms with E-state index in [4.69, 9.17) is 29.4 Å². The Morgan fingerprint density at radius 1 is 0.913 bits per heavy atom. The fourth-order valence-electron chi connectivity index (χ4n) is 4.00. The number of nitrogens with two attached hydrogens (primary N) is 1. The van der Waals surface area contributed by atoms with Gasteiger partial charge in [-0.25, -0.2) is 9.59 Å². The van der Waals surface area contributed by atoms with Crippen LogP contribution in [-0.2, 0) is 32.0 Å². The van der Waals surface area contributed by atoms with Crippen molar-refractivity contribution in [2.45, 2.75) is 72.1 Å². The molecule has 0 aliphatic carbocycles. The average molecular weight is 648 g/mol. The highest BCUT2D eigenvalue weighted by molar-refractivity contribution is 5.81. The first kappa shape index (κ1) is 36.6. The van der Waals surface area contributed by atoms with Crippen molar-refractivity contribution in [1.82, 2.24) is 40.1 Å². The smallest absolute Gasteiger partial charge is 0.407 e. The lowest BCUT2D eigenvalue weighted by molar-refractivity contribution is 0.0136. The number of hydrogen-bond donors (Lipinski definition) is 4. The summed E-state index contributed by atoms with van der Waals surface area (Å²) in [6.45, 7) is 13.1. The number of nitrogens with one attached hydrogen (secondary N) is 3. The van der Waals surface area contributed by atoms with Crippen molar-refractivity contribution >= 4 is 23.1 Å². The van der Waals surface area contributed by atoms with Crippen LogP contribution in [0.2, 0.25) is 0 Å². The van der Waals surface area contributed by atoms with Gasteiger partial charge in [0.1, 0.15) is 11.1 Å². The molecule has 0 aromatic carbocycles. The molecule has 0 atom stereocenters. The van der Waals surface area contributed by atoms with Gasteiger partial charge in [-0.3, -0.25) is 14.5 Å². The van der Waals surface area contributed by atoms with Gasteiger partial charge in [0.25, 0.3) is 0 Å². The predicted octanol–water partition coefficient (Wildman–Crippen LogP) is 2.16. The van der Waals surface area contributed by atoms with Crippen LogP contribution in [0.4, 0.5) is 10.6 Å². The zero-order valence-corrected chi connectivity index (χ0v) is 27.4. The highest BCUT2D eigenvalue weighted by atomic mass is 16.6. The minimum absolute atomic E-state index is 0.138. The molecule has 0 radical (unpaired) electrons. The molecular formula is C30H49N9O7. The van der Waals surface area contributed by atoms with Gasteiger partial charge in [-0.2, -0.15) is 9.97 Å². The molecular weight excluding hydrogens is 598 g/mol. The number of H-pyrrole nitrogens is 1. The third-order valence-electron chi connectivity index (χ3n) is 6.26. The lowest BCUT2D eigenvalue weighted by Gasteiger charge is -2.19. The first-order valence-corrected chi connectivity index (χ1v) is 15.8. The van der Waals surface area contributed by atoms with Crippen LogP contribution >= 0.6 is 0 Å². The number of carbonyl (C=O) groups is 1. The summed E-state index contributed by atoms with van der Waals surface area (Å²) in [4.78, 5) is 44.3. The van der Waals surface area contributed by atoms with Gasteiger partial charge in [-0.15, -0.1) is 0 Å². The molecule has 0 spiro atoms. The van der Waals surface area contributed by atoms with E-state index in [1.165, 1.54) is 4.57 Å². The quantitative estimate of drug-likeness (QED) is 0.116. The number of fused-ring (bicyclic) bond motifs is 1. The number of carbonyl (C=O) groups excluding carboxylic acids is 1. The minimum atomic E-state index is -0.501. The molecule has 0 aliphatic heterocycles. The lowest BCUT2D eigenvalue weighted by Crippen LogP contribution is -2.33. The monoisotopic (exact) mass is 647 g/mol. The Morgan fingerprint density at radius 3 is 2.22 bits per heavy atom. The van der Waals surface area contributed by atoms with Gasteiger partial charge in [-0.05, 0) is 46.6 Å². The Morgan fingerprint density at radius 2 is 1.57 bits per heavy atom. The molecule has 256 valence electrons. The van der Waals surface area contributed by atoms with Crippen LogP contribution in [0.1, 0.15) is 64.8 Å². The number of aromatic nitrogens is 6. The Bertz CT molecular complexity index is 1370. The molecule has 3 aromatic heterocycles. The number of nitrogens with zero attached hydrogens (tertiary/aromatic N) is 5. The summed E-state index contributed by atoms with van der Waals surface area (Å²) in [5.41, 5.74) is 7.27. The molecule has 0 saturated heterocycles. The number of hydrogen-bond acceptors (Lipinski definition) is 13. The van der Waals surface area contributed by atoms with Crippen molar-refractivity contribution in [3.8, 4) is 6.01 Å². The van der Waals surface area contributed by atoms with Crippen molar-refractivity contribution in [1.29, 1.82) is 0 Å². The van der Waals surface area contributed by atoms with E-state index in [-0.39, 0.29) is 24.1 Å². The van der Waals surface area contributed by atoms with Crippen LogP contribution in [0, 0.1) is 0 Å². The van der Waals surface area contributed by atoms with Gasteiger partial charge in [0.15, 0.2) is 11.5 Å². The second-order valence-electron chi connectivity index (χ2n) is 11.5. The van der Waals surface area contributed by atoms with Crippen LogP contribution in [0.5, 0.6) is 6.01 Å². The molecule has 1 amide bonds. The molecule has 3 heterocycles. The van der Waals surface area contributed by atoms with Crippen LogP contribution in [0.25, 0.3) is 11.2 Å². The van der Waals surface area contributed by atoms with Crippen LogP contribution in [0.3, 0.4) is 0 Å². The first-order valence-electron chi connectivity index (χ1n) is 15.8. The number of imidazole rings is 1. The van der Waals surface area contributed by atoms with E-state index in [2.05, 4.69) is 42.5 Å². The van der Waals surface area contributed by atoms with Crippen molar-refractivity contribution in [2.24, 2.45) is 0 Å². The first-order chi connectivity index (χ1) is 22.2. The normalized spacial score (nSPS) is 11.7. The van der Waals surface area contributed by atoms with Crippen LogP contribution in [0.15, 0.2) is 17.2 Å². The van der Waals surface area contributed by atoms with E-state index in [0.29, 0.717) is 82.6 Å². The van der Waals surface area contributed by atoms with Crippen LogP contribution in [-0.4, -0.2) is 101 Å². The fraction of sp³-hybridized carbons (Fsp3) is 0.667.